The van der Waals surface area contributed by atoms with E-state index in [0.717, 1.165) is 10.9 Å². The fourth-order valence-electron chi connectivity index (χ4n) is 2.54. The summed E-state index contributed by atoms with van der Waals surface area (Å²) in [5.74, 6) is 0.671. The van der Waals surface area contributed by atoms with E-state index in [9.17, 15) is 8.42 Å². The molecule has 2 rings (SSSR count). The van der Waals surface area contributed by atoms with E-state index >= 15 is 0 Å². The molecule has 0 unspecified atom stereocenters. The summed E-state index contributed by atoms with van der Waals surface area (Å²) in [6.07, 6.45) is 5.91. The highest BCUT2D eigenvalue weighted by Gasteiger charge is 2.19. The molecule has 0 bridgehead atoms. The van der Waals surface area contributed by atoms with Gasteiger partial charge < -0.3 is 5.73 Å². The monoisotopic (exact) mass is 346 g/mol. The summed E-state index contributed by atoms with van der Waals surface area (Å²) in [5.41, 5.74) is 6.02. The van der Waals surface area contributed by atoms with Gasteiger partial charge in [-0.3, -0.25) is 0 Å². The minimum atomic E-state index is -3.50. The van der Waals surface area contributed by atoms with E-state index in [1.165, 1.54) is 31.7 Å². The zero-order chi connectivity index (χ0) is 13.9. The topological polar surface area (TPSA) is 72.2 Å². The van der Waals surface area contributed by atoms with Crippen molar-refractivity contribution in [2.75, 3.05) is 12.3 Å². The summed E-state index contributed by atoms with van der Waals surface area (Å²) in [7, 11) is -3.50. The molecule has 0 spiro atoms. The van der Waals surface area contributed by atoms with Crippen LogP contribution in [-0.2, 0) is 10.0 Å². The highest BCUT2D eigenvalue weighted by Crippen LogP contribution is 2.27. The molecule has 3 N–H and O–H groups in total. The number of nitrogens with one attached hydrogen (secondary N) is 1. The lowest BCUT2D eigenvalue weighted by molar-refractivity contribution is 0.496. The Kier molecular flexibility index (Phi) is 4.86. The SMILES string of the molecule is Nc1cc(Br)ccc1S(=O)(=O)NCCC1CCCC1. The fraction of sp³-hybridized carbons (Fsp3) is 0.538. The molecule has 6 heteroatoms. The summed E-state index contributed by atoms with van der Waals surface area (Å²) >= 11 is 3.27. The first-order valence-electron chi connectivity index (χ1n) is 6.54. The molecular weight excluding hydrogens is 328 g/mol. The van der Waals surface area contributed by atoms with Gasteiger partial charge in [-0.25, -0.2) is 13.1 Å². The normalized spacial score (nSPS) is 16.9. The van der Waals surface area contributed by atoms with Crippen LogP contribution in [0.4, 0.5) is 5.69 Å². The van der Waals surface area contributed by atoms with E-state index in [0.29, 0.717) is 12.5 Å². The van der Waals surface area contributed by atoms with Gasteiger partial charge in [-0.1, -0.05) is 41.6 Å². The van der Waals surface area contributed by atoms with Crippen LogP contribution in [0.1, 0.15) is 32.1 Å². The molecule has 0 aromatic heterocycles. The van der Waals surface area contributed by atoms with Crippen LogP contribution < -0.4 is 10.5 Å². The Morgan fingerprint density at radius 3 is 2.63 bits per heavy atom. The number of hydrogen-bond donors (Lipinski definition) is 2. The van der Waals surface area contributed by atoms with Crippen LogP contribution in [0.5, 0.6) is 0 Å². The van der Waals surface area contributed by atoms with Gasteiger partial charge in [-0.2, -0.15) is 0 Å². The number of nitrogens with two attached hydrogens (primary N) is 1. The summed E-state index contributed by atoms with van der Waals surface area (Å²) in [4.78, 5) is 0.155. The molecule has 1 fully saturated rings. The Balaban J connectivity index is 1.97. The number of rotatable bonds is 5. The molecule has 1 aromatic carbocycles. The average molecular weight is 347 g/mol. The zero-order valence-electron chi connectivity index (χ0n) is 10.7. The van der Waals surface area contributed by atoms with Crippen molar-refractivity contribution in [2.24, 2.45) is 5.92 Å². The van der Waals surface area contributed by atoms with E-state index in [1.54, 1.807) is 12.1 Å². The van der Waals surface area contributed by atoms with Crippen molar-refractivity contribution < 1.29 is 8.42 Å². The highest BCUT2D eigenvalue weighted by molar-refractivity contribution is 9.10. The first-order chi connectivity index (χ1) is 8.99. The number of benzene rings is 1. The fourth-order valence-corrected chi connectivity index (χ4v) is 4.08. The van der Waals surface area contributed by atoms with Crippen LogP contribution in [0.25, 0.3) is 0 Å². The third-order valence-corrected chi connectivity index (χ3v) is 5.61. The first kappa shape index (κ1) is 14.8. The van der Waals surface area contributed by atoms with E-state index in [4.69, 9.17) is 5.73 Å². The predicted molar refractivity (Wildman–Crippen MR) is 80.3 cm³/mol. The highest BCUT2D eigenvalue weighted by atomic mass is 79.9. The second-order valence-corrected chi connectivity index (χ2v) is 7.67. The van der Waals surface area contributed by atoms with Crippen LogP contribution in [0.15, 0.2) is 27.6 Å². The lowest BCUT2D eigenvalue weighted by Gasteiger charge is -2.12. The maximum Gasteiger partial charge on any atom is 0.242 e. The molecule has 0 heterocycles. The maximum atomic E-state index is 12.1. The summed E-state index contributed by atoms with van der Waals surface area (Å²) in [5, 5.41) is 0. The first-order valence-corrected chi connectivity index (χ1v) is 8.81. The lowest BCUT2D eigenvalue weighted by Crippen LogP contribution is -2.26. The number of hydrogen-bond acceptors (Lipinski definition) is 3. The van der Waals surface area contributed by atoms with E-state index in [1.807, 2.05) is 0 Å². The van der Waals surface area contributed by atoms with Crippen molar-refractivity contribution in [1.29, 1.82) is 0 Å². The van der Waals surface area contributed by atoms with Crippen LogP contribution in [0.3, 0.4) is 0 Å². The summed E-state index contributed by atoms with van der Waals surface area (Å²) < 4.78 is 27.7. The van der Waals surface area contributed by atoms with Gasteiger partial charge in [0.15, 0.2) is 0 Å². The molecule has 4 nitrogen and oxygen atoms in total. The molecule has 0 aliphatic heterocycles. The van der Waals surface area contributed by atoms with Gasteiger partial charge >= 0.3 is 0 Å². The molecular formula is C13H19BrN2O2S. The number of anilines is 1. The molecule has 0 radical (unpaired) electrons. The van der Waals surface area contributed by atoms with Crippen LogP contribution in [0.2, 0.25) is 0 Å². The Morgan fingerprint density at radius 1 is 1.32 bits per heavy atom. The van der Waals surface area contributed by atoms with Gasteiger partial charge in [0.25, 0.3) is 0 Å². The Bertz CT molecular complexity index is 540. The molecule has 0 saturated heterocycles. The van der Waals surface area contributed by atoms with E-state index < -0.39 is 10.0 Å². The third kappa shape index (κ3) is 3.94. The zero-order valence-corrected chi connectivity index (χ0v) is 13.1. The largest absolute Gasteiger partial charge is 0.398 e. The van der Waals surface area contributed by atoms with Gasteiger partial charge in [0.1, 0.15) is 4.90 Å². The van der Waals surface area contributed by atoms with Gasteiger partial charge in [0.05, 0.1) is 5.69 Å². The Hall–Kier alpha value is -0.590. The van der Waals surface area contributed by atoms with Gasteiger partial charge in [0.2, 0.25) is 10.0 Å². The van der Waals surface area contributed by atoms with Gasteiger partial charge in [0, 0.05) is 11.0 Å². The molecule has 19 heavy (non-hydrogen) atoms. The van der Waals surface area contributed by atoms with Gasteiger partial charge in [-0.05, 0) is 30.5 Å². The minimum Gasteiger partial charge on any atom is -0.398 e. The minimum absolute atomic E-state index is 0.155. The molecule has 1 aliphatic carbocycles. The van der Waals surface area contributed by atoms with Crippen molar-refractivity contribution in [3.63, 3.8) is 0 Å². The smallest absolute Gasteiger partial charge is 0.242 e. The van der Waals surface area contributed by atoms with E-state index in [2.05, 4.69) is 20.7 Å². The van der Waals surface area contributed by atoms with Crippen molar-refractivity contribution in [3.05, 3.63) is 22.7 Å². The lowest BCUT2D eigenvalue weighted by atomic mass is 10.1. The van der Waals surface area contributed by atoms with Crippen molar-refractivity contribution >= 4 is 31.6 Å². The molecule has 1 saturated carbocycles. The maximum absolute atomic E-state index is 12.1. The predicted octanol–water partition coefficient (Wildman–Crippen LogP) is 2.89. The van der Waals surface area contributed by atoms with Gasteiger partial charge in [-0.15, -0.1) is 0 Å². The average Bonchev–Trinajstić information content (AvgIpc) is 2.81. The van der Waals surface area contributed by atoms with Crippen molar-refractivity contribution in [1.82, 2.24) is 4.72 Å². The summed E-state index contributed by atoms with van der Waals surface area (Å²) in [6.45, 7) is 0.489. The second-order valence-electron chi connectivity index (χ2n) is 5.02. The molecule has 0 atom stereocenters. The number of sulfonamides is 1. The second kappa shape index (κ2) is 6.24. The van der Waals surface area contributed by atoms with Crippen LogP contribution >= 0.6 is 15.9 Å². The Morgan fingerprint density at radius 2 is 2.00 bits per heavy atom. The molecule has 1 aliphatic rings. The molecule has 0 amide bonds. The van der Waals surface area contributed by atoms with Crippen LogP contribution in [-0.4, -0.2) is 15.0 Å². The van der Waals surface area contributed by atoms with Crippen molar-refractivity contribution in [2.45, 2.75) is 37.0 Å². The standard InChI is InChI=1S/C13H19BrN2O2S/c14-11-5-6-13(12(15)9-11)19(17,18)16-8-7-10-3-1-2-4-10/h5-6,9-10,16H,1-4,7-8,15H2. The van der Waals surface area contributed by atoms with Crippen LogP contribution in [0, 0.1) is 5.92 Å². The number of nitrogen functional groups attached to an aromatic ring is 1. The van der Waals surface area contributed by atoms with E-state index in [-0.39, 0.29) is 10.6 Å². The third-order valence-electron chi connectivity index (χ3n) is 3.58. The summed E-state index contributed by atoms with van der Waals surface area (Å²) in [6, 6.07) is 4.81. The molecule has 1 aromatic rings. The number of halogens is 1. The van der Waals surface area contributed by atoms with Crippen molar-refractivity contribution in [3.8, 4) is 0 Å². The molecule has 106 valence electrons. The Labute approximate surface area is 122 Å². The quantitative estimate of drug-likeness (QED) is 0.805.